The maximum absolute atomic E-state index is 13.8. The molecule has 0 aromatic heterocycles. The number of methoxy groups -OCH3 is 2. The van der Waals surface area contributed by atoms with Crippen LogP contribution in [0.2, 0.25) is 0 Å². The Morgan fingerprint density at radius 1 is 0.683 bits per heavy atom. The first-order chi connectivity index (χ1) is 28.2. The minimum Gasteiger partial charge on any atom is -0.494 e. The number of anilines is 3. The molecular formula is C36H30N8O13S3. The third kappa shape index (κ3) is 8.97. The number of nitrogens with zero attached hydrogens (tertiary/aromatic N) is 4. The van der Waals surface area contributed by atoms with Crippen LogP contribution in [0.3, 0.4) is 0 Å². The van der Waals surface area contributed by atoms with Crippen LogP contribution in [-0.2, 0) is 35.1 Å². The predicted octanol–water partition coefficient (Wildman–Crippen LogP) is 4.50. The molecule has 24 heteroatoms. The van der Waals surface area contributed by atoms with Gasteiger partial charge >= 0.3 is 0 Å². The summed E-state index contributed by atoms with van der Waals surface area (Å²) < 4.78 is 113. The fourth-order valence-electron chi connectivity index (χ4n) is 5.68. The monoisotopic (exact) mass is 878 g/mol. The molecule has 0 heterocycles. The smallest absolute Gasteiger partial charge is 0.296 e. The molecular weight excluding hydrogens is 849 g/mol. The van der Waals surface area contributed by atoms with Crippen LogP contribution in [0.25, 0.3) is 17.2 Å². The summed E-state index contributed by atoms with van der Waals surface area (Å²) in [7, 11) is -12.2. The van der Waals surface area contributed by atoms with Gasteiger partial charge in [-0.3, -0.25) is 34.1 Å². The molecule has 2 aliphatic carbocycles. The van der Waals surface area contributed by atoms with Crippen LogP contribution in [-0.4, -0.2) is 76.1 Å². The van der Waals surface area contributed by atoms with E-state index in [0.29, 0.717) is 40.4 Å². The van der Waals surface area contributed by atoms with Crippen LogP contribution in [0.5, 0.6) is 11.5 Å². The highest BCUT2D eigenvalue weighted by Gasteiger charge is 2.37. The van der Waals surface area contributed by atoms with Gasteiger partial charge in [-0.05, 0) is 89.5 Å². The summed E-state index contributed by atoms with van der Waals surface area (Å²) in [6.07, 6.45) is 4.72. The minimum atomic E-state index is -5.23. The number of azo groups is 1. The average molecular weight is 879 g/mol. The van der Waals surface area contributed by atoms with E-state index in [1.165, 1.54) is 38.5 Å². The first-order valence-electron chi connectivity index (χ1n) is 16.6. The van der Waals surface area contributed by atoms with Crippen molar-refractivity contribution in [3.05, 3.63) is 107 Å². The number of nitrogens with one attached hydrogen (secondary N) is 2. The van der Waals surface area contributed by atoms with Gasteiger partial charge < -0.3 is 20.9 Å². The molecule has 0 spiro atoms. The van der Waals surface area contributed by atoms with Crippen LogP contribution < -0.4 is 31.8 Å². The molecule has 4 aromatic carbocycles. The third-order valence-corrected chi connectivity index (χ3v) is 11.2. The van der Waals surface area contributed by atoms with E-state index in [1.54, 1.807) is 30.3 Å². The Kier molecular flexibility index (Phi) is 11.5. The summed E-state index contributed by atoms with van der Waals surface area (Å²) in [5, 5.41) is 16.0. The largest absolute Gasteiger partial charge is 0.494 e. The van der Waals surface area contributed by atoms with Gasteiger partial charge in [0.15, 0.2) is 11.5 Å². The number of carbonyl (C=O) groups is 2. The molecule has 310 valence electrons. The standard InChI is InChI=1S/C36H30N8O13S3/c1-56-28-13-18(3-10-26(28)41-40-25-12-7-22(45)17-24(25)37)19-4-11-27(29(14-19)57-2)42-43-34-30(59(50,51)52)15-20-16-31(60(53,54)55)35(36(46)32(20)33(34)38)44-39-21-5-8-23(9-6-21)58(47,48)49/h3-17,39,41H,37-38H2,1-2H3,(H,47,48,49)(H,50,51,52)(H,53,54,55)/b40-25-,43-42?,44-35-. The van der Waals surface area contributed by atoms with Gasteiger partial charge in [-0.25, -0.2) is 0 Å². The highest BCUT2D eigenvalue weighted by Crippen LogP contribution is 2.42. The number of hydrogen-bond donors (Lipinski definition) is 7. The number of benzene rings is 4. The molecule has 4 aromatic rings. The van der Waals surface area contributed by atoms with E-state index in [1.807, 2.05) is 0 Å². The van der Waals surface area contributed by atoms with Gasteiger partial charge in [0.1, 0.15) is 38.4 Å². The number of fused-ring (bicyclic) bond motifs is 1. The Morgan fingerprint density at radius 2 is 1.33 bits per heavy atom. The second-order valence-corrected chi connectivity index (χ2v) is 16.6. The lowest BCUT2D eigenvalue weighted by molar-refractivity contribution is -0.110. The number of rotatable bonds is 12. The topological polar surface area (TPSA) is 341 Å². The van der Waals surface area contributed by atoms with Crippen LogP contribution >= 0.6 is 0 Å². The molecule has 6 rings (SSSR count). The number of nitrogen functional groups attached to an aromatic ring is 1. The van der Waals surface area contributed by atoms with Crippen molar-refractivity contribution in [2.75, 3.05) is 30.8 Å². The van der Waals surface area contributed by atoms with Gasteiger partial charge in [0, 0.05) is 6.08 Å². The molecule has 9 N–H and O–H groups in total. The lowest BCUT2D eigenvalue weighted by atomic mass is 9.92. The van der Waals surface area contributed by atoms with E-state index in [-0.39, 0.29) is 28.6 Å². The molecule has 60 heavy (non-hydrogen) atoms. The number of hydrogen-bond acceptors (Lipinski definition) is 18. The second kappa shape index (κ2) is 16.3. The first-order valence-corrected chi connectivity index (χ1v) is 20.9. The lowest BCUT2D eigenvalue weighted by Crippen LogP contribution is -2.28. The molecule has 0 radical (unpaired) electrons. The Labute approximate surface area is 340 Å². The average Bonchev–Trinajstić information content (AvgIpc) is 3.18. The van der Waals surface area contributed by atoms with Crippen molar-refractivity contribution >= 4 is 87.9 Å². The maximum atomic E-state index is 13.8. The molecule has 0 aliphatic heterocycles. The number of ketones is 2. The highest BCUT2D eigenvalue weighted by molar-refractivity contribution is 7.91. The zero-order chi connectivity index (χ0) is 43.7. The van der Waals surface area contributed by atoms with Gasteiger partial charge in [-0.2, -0.15) is 35.5 Å². The van der Waals surface area contributed by atoms with Gasteiger partial charge in [-0.1, -0.05) is 12.1 Å². The van der Waals surface area contributed by atoms with Gasteiger partial charge in [0.2, 0.25) is 5.78 Å². The number of Topliss-reactive ketones (excluding diaryl/α,β-unsaturated/α-hetero) is 1. The van der Waals surface area contributed by atoms with E-state index in [4.69, 9.17) is 20.9 Å². The van der Waals surface area contributed by atoms with Crippen molar-refractivity contribution in [1.29, 1.82) is 0 Å². The number of allylic oxidation sites excluding steroid dienone is 4. The molecule has 0 saturated heterocycles. The molecule has 0 atom stereocenters. The van der Waals surface area contributed by atoms with E-state index >= 15 is 0 Å². The normalized spacial score (nSPS) is 15.8. The van der Waals surface area contributed by atoms with E-state index in [2.05, 4.69) is 31.3 Å². The highest BCUT2D eigenvalue weighted by atomic mass is 32.2. The van der Waals surface area contributed by atoms with Crippen molar-refractivity contribution < 1.29 is 58.0 Å². The van der Waals surface area contributed by atoms with Gasteiger partial charge in [0.05, 0.1) is 47.4 Å². The Balaban J connectivity index is 1.35. The molecule has 0 fully saturated rings. The van der Waals surface area contributed by atoms with Crippen LogP contribution in [0.1, 0.15) is 15.9 Å². The molecule has 21 nitrogen and oxygen atoms in total. The predicted molar refractivity (Wildman–Crippen MR) is 218 cm³/mol. The van der Waals surface area contributed by atoms with Crippen molar-refractivity contribution in [2.45, 2.75) is 9.79 Å². The lowest BCUT2D eigenvalue weighted by Gasteiger charge is -2.20. The number of hydrazone groups is 2. The molecule has 0 bridgehead atoms. The first kappa shape index (κ1) is 42.5. The Morgan fingerprint density at radius 3 is 1.93 bits per heavy atom. The number of nitrogens with two attached hydrogens (primary N) is 2. The molecule has 2 aliphatic rings. The fraction of sp³-hybridized carbons (Fsp3) is 0.0556. The molecule has 0 amide bonds. The van der Waals surface area contributed by atoms with E-state index in [0.717, 1.165) is 24.3 Å². The Hall–Kier alpha value is -7.09. The van der Waals surface area contributed by atoms with Crippen LogP contribution in [0, 0.1) is 0 Å². The van der Waals surface area contributed by atoms with Crippen molar-refractivity contribution in [1.82, 2.24) is 0 Å². The quantitative estimate of drug-likeness (QED) is 0.0338. The summed E-state index contributed by atoms with van der Waals surface area (Å²) in [6, 6.07) is 14.7. The minimum absolute atomic E-state index is 0.00247. The third-order valence-electron chi connectivity index (χ3n) is 8.57. The number of ether oxygens (including phenoxy) is 2. The summed E-state index contributed by atoms with van der Waals surface area (Å²) in [5.74, 6) is -1.01. The SMILES string of the molecule is COc1cc(-c2ccc(N/N=C3/C=CC(=O)C=C3N)c(OC)c2)ccc1N=Nc1c(S(=O)(=O)O)cc2c(c1N)C(=O)/C(=N\Nc1ccc(S(=O)(=O)O)cc1)C(S(=O)(=O)O)=C2. The van der Waals surface area contributed by atoms with Crippen molar-refractivity contribution in [3.63, 3.8) is 0 Å². The summed E-state index contributed by atoms with van der Waals surface area (Å²) >= 11 is 0. The van der Waals surface area contributed by atoms with Crippen LogP contribution in [0.15, 0.2) is 126 Å². The van der Waals surface area contributed by atoms with E-state index in [9.17, 15) is 48.5 Å². The van der Waals surface area contributed by atoms with Crippen molar-refractivity contribution in [2.24, 2.45) is 26.2 Å². The summed E-state index contributed by atoms with van der Waals surface area (Å²) in [5.41, 5.74) is 16.3. The summed E-state index contributed by atoms with van der Waals surface area (Å²) in [4.78, 5) is 22.8. The molecule has 0 unspecified atom stereocenters. The van der Waals surface area contributed by atoms with Gasteiger partial charge in [0.25, 0.3) is 30.4 Å². The van der Waals surface area contributed by atoms with Crippen molar-refractivity contribution in [3.8, 4) is 22.6 Å². The zero-order valence-corrected chi connectivity index (χ0v) is 33.2. The maximum Gasteiger partial charge on any atom is 0.296 e. The fourth-order valence-corrected chi connectivity index (χ4v) is 7.49. The zero-order valence-electron chi connectivity index (χ0n) is 30.8. The van der Waals surface area contributed by atoms with Gasteiger partial charge in [-0.15, -0.1) is 10.2 Å². The second-order valence-electron chi connectivity index (χ2n) is 12.4. The Bertz CT molecular complexity index is 3030. The number of carbonyl (C=O) groups excluding carboxylic acids is 2. The van der Waals surface area contributed by atoms with E-state index < -0.39 is 79.0 Å². The molecule has 0 saturated carbocycles. The van der Waals surface area contributed by atoms with Crippen LogP contribution in [0.4, 0.5) is 28.4 Å². The summed E-state index contributed by atoms with van der Waals surface area (Å²) in [6.45, 7) is 0.